The van der Waals surface area contributed by atoms with E-state index in [4.69, 9.17) is 0 Å². The summed E-state index contributed by atoms with van der Waals surface area (Å²) in [5.74, 6) is 0. The minimum Gasteiger partial charge on any atom is -1.00 e. The predicted octanol–water partition coefficient (Wildman–Crippen LogP) is -28.1. The van der Waals surface area contributed by atoms with Crippen LogP contribution in [-0.2, 0) is 0 Å². The van der Waals surface area contributed by atoms with E-state index in [0.717, 1.165) is 0 Å². The van der Waals surface area contributed by atoms with Crippen molar-refractivity contribution in [3.63, 3.8) is 0 Å². The van der Waals surface area contributed by atoms with Crippen molar-refractivity contribution in [2.75, 3.05) is 0 Å². The van der Waals surface area contributed by atoms with Crippen molar-refractivity contribution in [3.05, 3.63) is 0 Å². The summed E-state index contributed by atoms with van der Waals surface area (Å²) in [6.07, 6.45) is 0. The SMILES string of the molecule is [Al+3].[Cl-].[Cl-].[Cl-].[Cl-].[Cl-].[Cl-].[Cl-].[Cl-].[Cl-].[Mg+2].[Si+4]. The molecule has 0 heterocycles. The summed E-state index contributed by atoms with van der Waals surface area (Å²) >= 11 is 0. The molecular weight excluding hydrogens is 398 g/mol. The van der Waals surface area contributed by atoms with Crippen LogP contribution in [0.3, 0.4) is 0 Å². The molecule has 0 aliphatic carbocycles. The molecule has 0 aromatic carbocycles. The maximum absolute atomic E-state index is 0. The first-order valence-electron chi connectivity index (χ1n) is 0. The quantitative estimate of drug-likeness (QED) is 0.356. The van der Waals surface area contributed by atoms with Crippen molar-refractivity contribution in [1.29, 1.82) is 0 Å². The molecule has 0 rings (SSSR count). The Hall–Kier alpha value is 4.13. The van der Waals surface area contributed by atoms with Crippen LogP contribution in [-0.4, -0.2) is 51.4 Å². The van der Waals surface area contributed by atoms with Crippen LogP contribution in [0.4, 0.5) is 0 Å². The second kappa shape index (κ2) is 177. The van der Waals surface area contributed by atoms with Crippen LogP contribution in [0, 0.1) is 0 Å². The molecule has 12 heteroatoms. The molecule has 0 aromatic heterocycles. The molecule has 12 heavy (non-hydrogen) atoms. The fraction of sp³-hybridized carbons (Fsp3) is 0. The molecule has 0 saturated carbocycles. The number of hydrogen-bond acceptors (Lipinski definition) is 0. The Balaban J connectivity index is 0. The van der Waals surface area contributed by atoms with Gasteiger partial charge in [0.05, 0.1) is 0 Å². The first kappa shape index (κ1) is 217. The molecule has 0 saturated heterocycles. The molecule has 0 bridgehead atoms. The van der Waals surface area contributed by atoms with E-state index in [1.165, 1.54) is 0 Å². The Morgan fingerprint density at radius 1 is 0.333 bits per heavy atom. The van der Waals surface area contributed by atoms with Crippen LogP contribution in [0.15, 0.2) is 0 Å². The van der Waals surface area contributed by atoms with E-state index >= 15 is 0 Å². The third-order valence-corrected chi connectivity index (χ3v) is 0. The van der Waals surface area contributed by atoms with Gasteiger partial charge in [0.1, 0.15) is 0 Å². The van der Waals surface area contributed by atoms with Crippen molar-refractivity contribution in [1.82, 2.24) is 0 Å². The molecule has 0 spiro atoms. The van der Waals surface area contributed by atoms with E-state index in [2.05, 4.69) is 0 Å². The van der Waals surface area contributed by atoms with Gasteiger partial charge in [0.15, 0.2) is 0 Å². The Bertz CT molecular complexity index is 14.5. The Kier molecular flexibility index (Phi) is 3200. The molecule has 0 unspecified atom stereocenters. The fourth-order valence-electron chi connectivity index (χ4n) is 0. The van der Waals surface area contributed by atoms with E-state index in [1.54, 1.807) is 0 Å². The first-order valence-corrected chi connectivity index (χ1v) is 0. The maximum atomic E-state index is 0. The van der Waals surface area contributed by atoms with Crippen molar-refractivity contribution in [2.24, 2.45) is 0 Å². The van der Waals surface area contributed by atoms with E-state index < -0.39 is 0 Å². The van der Waals surface area contributed by atoms with Gasteiger partial charge in [0.25, 0.3) is 0 Å². The second-order valence-corrected chi connectivity index (χ2v) is 0. The summed E-state index contributed by atoms with van der Waals surface area (Å²) in [6, 6.07) is 0. The van der Waals surface area contributed by atoms with Gasteiger partial charge in [-0.1, -0.05) is 0 Å². The van der Waals surface area contributed by atoms with Crippen LogP contribution in [0.5, 0.6) is 0 Å². The van der Waals surface area contributed by atoms with Crippen LogP contribution in [0.2, 0.25) is 0 Å². The van der Waals surface area contributed by atoms with Crippen molar-refractivity contribution in [2.45, 2.75) is 0 Å². The molecule has 0 amide bonds. The molecule has 0 N–H and O–H groups in total. The standard InChI is InChI=1S/Al.9ClH.Mg.Si/h;9*1H;;/q+3;;;;;;;;;;+2;+4/p-9. The first-order chi connectivity index (χ1) is 0. The molecule has 0 aliphatic heterocycles. The molecule has 0 aliphatic rings. The number of hydrogen-bond donors (Lipinski definition) is 0. The normalized spacial score (nSPS) is 0. The number of halogens is 9. The summed E-state index contributed by atoms with van der Waals surface area (Å²) < 4.78 is 0. The molecule has 0 radical (unpaired) electrons. The van der Waals surface area contributed by atoms with Gasteiger partial charge < -0.3 is 112 Å². The summed E-state index contributed by atoms with van der Waals surface area (Å²) in [5, 5.41) is 0. The minimum atomic E-state index is 0. The van der Waals surface area contributed by atoms with Gasteiger partial charge in [-0.3, -0.25) is 0 Å². The average Bonchev–Trinajstić information content (AvgIpc) is 0. The van der Waals surface area contributed by atoms with Crippen molar-refractivity contribution in [3.8, 4) is 0 Å². The van der Waals surface area contributed by atoms with Gasteiger partial charge >= 0.3 is 51.4 Å². The van der Waals surface area contributed by atoms with Gasteiger partial charge in [-0.15, -0.1) is 0 Å². The summed E-state index contributed by atoms with van der Waals surface area (Å²) in [6.45, 7) is 0. The zero-order valence-electron chi connectivity index (χ0n) is 5.19. The fourth-order valence-corrected chi connectivity index (χ4v) is 0. The van der Waals surface area contributed by atoms with Gasteiger partial charge in [-0.25, -0.2) is 0 Å². The maximum Gasteiger partial charge on any atom is 4.00 e. The zero-order valence-corrected chi connectivity index (χ0v) is 15.6. The molecule has 0 atom stereocenters. The average molecular weight is 398 g/mol. The largest absolute Gasteiger partial charge is 4.00 e. The predicted molar refractivity (Wildman–Crippen MR) is 17.3 cm³/mol. The van der Waals surface area contributed by atoms with E-state index in [0.29, 0.717) is 0 Å². The molecule has 0 fully saturated rings. The van der Waals surface area contributed by atoms with Gasteiger partial charge in [0, 0.05) is 0 Å². The summed E-state index contributed by atoms with van der Waals surface area (Å²) in [4.78, 5) is 0. The van der Waals surface area contributed by atoms with Crippen molar-refractivity contribution < 1.29 is 112 Å². The van der Waals surface area contributed by atoms with Crippen LogP contribution in [0.1, 0.15) is 0 Å². The van der Waals surface area contributed by atoms with Crippen LogP contribution < -0.4 is 112 Å². The molecule has 0 aromatic rings. The molecular formula is AlCl9MgSi. The Labute approximate surface area is 161 Å². The molecule has 72 valence electrons. The Morgan fingerprint density at radius 2 is 0.333 bits per heavy atom. The summed E-state index contributed by atoms with van der Waals surface area (Å²) in [7, 11) is 0. The van der Waals surface area contributed by atoms with Crippen LogP contribution in [0.25, 0.3) is 0 Å². The van der Waals surface area contributed by atoms with Gasteiger partial charge in [-0.05, 0) is 0 Å². The third-order valence-electron chi connectivity index (χ3n) is 0. The summed E-state index contributed by atoms with van der Waals surface area (Å²) in [5.41, 5.74) is 0. The zero-order chi connectivity index (χ0) is 0. The van der Waals surface area contributed by atoms with Crippen LogP contribution >= 0.6 is 0 Å². The second-order valence-electron chi connectivity index (χ2n) is 0. The minimum absolute atomic E-state index is 0. The Morgan fingerprint density at radius 3 is 0.333 bits per heavy atom. The van der Waals surface area contributed by atoms with Crippen molar-refractivity contribution >= 4 is 51.4 Å². The van der Waals surface area contributed by atoms with E-state index in [-0.39, 0.29) is 163 Å². The van der Waals surface area contributed by atoms with E-state index in [9.17, 15) is 0 Å². The van der Waals surface area contributed by atoms with Gasteiger partial charge in [-0.2, -0.15) is 0 Å². The third kappa shape index (κ3) is 143. The van der Waals surface area contributed by atoms with Gasteiger partial charge in [0.2, 0.25) is 0 Å². The molecule has 0 nitrogen and oxygen atoms in total. The topological polar surface area (TPSA) is 0 Å². The van der Waals surface area contributed by atoms with E-state index in [1.807, 2.05) is 0 Å². The number of rotatable bonds is 0. The monoisotopic (exact) mass is 394 g/mol. The smallest absolute Gasteiger partial charge is 1.00 e.